The van der Waals surface area contributed by atoms with Gasteiger partial charge in [-0.25, -0.2) is 9.69 Å². The van der Waals surface area contributed by atoms with E-state index in [9.17, 15) is 22.8 Å². The maximum Gasteiger partial charge on any atom is 0.573 e. The van der Waals surface area contributed by atoms with E-state index in [1.165, 1.54) is 23.2 Å². The Morgan fingerprint density at radius 1 is 0.970 bits per heavy atom. The highest BCUT2D eigenvalue weighted by molar-refractivity contribution is 6.21. The summed E-state index contributed by atoms with van der Waals surface area (Å²) in [7, 11) is 0. The monoisotopic (exact) mass is 457 g/mol. The molecular weight excluding hydrogens is 439 g/mol. The summed E-state index contributed by atoms with van der Waals surface area (Å²) in [5.41, 5.74) is 0.780. The third-order valence-corrected chi connectivity index (χ3v) is 4.99. The van der Waals surface area contributed by atoms with E-state index in [0.717, 1.165) is 17.0 Å². The van der Waals surface area contributed by atoms with Crippen LogP contribution in [0, 0.1) is 0 Å². The molecular formula is C23H18F3N3O4. The molecule has 1 aliphatic heterocycles. The number of para-hydroxylation sites is 1. The number of alkyl halides is 3. The molecule has 0 spiro atoms. The van der Waals surface area contributed by atoms with Crippen molar-refractivity contribution in [2.45, 2.75) is 25.9 Å². The molecule has 1 atom stereocenters. The van der Waals surface area contributed by atoms with Gasteiger partial charge in [0.15, 0.2) is 5.75 Å². The molecule has 7 nitrogen and oxygen atoms in total. The highest BCUT2D eigenvalue weighted by Gasteiger charge is 2.43. The molecule has 0 saturated carbocycles. The number of hydrogen-bond acceptors (Lipinski definition) is 5. The molecule has 0 bridgehead atoms. The lowest BCUT2D eigenvalue weighted by molar-refractivity contribution is -0.274. The zero-order valence-corrected chi connectivity index (χ0v) is 17.3. The number of imide groups is 1. The second kappa shape index (κ2) is 8.81. The number of nitrogens with zero attached hydrogens (tertiary/aromatic N) is 3. The molecule has 2 heterocycles. The van der Waals surface area contributed by atoms with Crippen molar-refractivity contribution in [2.75, 3.05) is 4.90 Å². The fourth-order valence-corrected chi connectivity index (χ4v) is 3.38. The third kappa shape index (κ3) is 4.89. The Morgan fingerprint density at radius 2 is 1.67 bits per heavy atom. The highest BCUT2D eigenvalue weighted by Crippen LogP contribution is 2.32. The van der Waals surface area contributed by atoms with Crippen LogP contribution in [0.3, 0.4) is 0 Å². The van der Waals surface area contributed by atoms with Gasteiger partial charge in [-0.05, 0) is 49.4 Å². The molecule has 1 aliphatic rings. The Labute approximate surface area is 187 Å². The van der Waals surface area contributed by atoms with E-state index < -0.39 is 30.1 Å². The molecule has 1 unspecified atom stereocenters. The molecule has 0 aliphatic carbocycles. The molecule has 1 fully saturated rings. The maximum atomic E-state index is 13.1. The van der Waals surface area contributed by atoms with E-state index in [-0.39, 0.29) is 12.2 Å². The average molecular weight is 457 g/mol. The van der Waals surface area contributed by atoms with E-state index in [0.29, 0.717) is 17.1 Å². The van der Waals surface area contributed by atoms with Gasteiger partial charge in [0, 0.05) is 11.8 Å². The normalized spacial score (nSPS) is 16.3. The number of anilines is 1. The van der Waals surface area contributed by atoms with Gasteiger partial charge in [0.2, 0.25) is 0 Å². The number of pyridine rings is 1. The van der Waals surface area contributed by atoms with Crippen LogP contribution < -0.4 is 14.4 Å². The first-order chi connectivity index (χ1) is 15.7. The van der Waals surface area contributed by atoms with Crippen molar-refractivity contribution in [3.05, 3.63) is 78.6 Å². The Balaban J connectivity index is 1.54. The number of carbonyl (C=O) groups excluding carboxylic acids is 2. The molecule has 10 heteroatoms. The first-order valence-corrected chi connectivity index (χ1v) is 9.89. The van der Waals surface area contributed by atoms with E-state index in [2.05, 4.69) is 9.72 Å². The van der Waals surface area contributed by atoms with Crippen molar-refractivity contribution in [3.8, 4) is 17.2 Å². The summed E-state index contributed by atoms with van der Waals surface area (Å²) < 4.78 is 46.9. The fraction of sp³-hybridized carbons (Fsp3) is 0.174. The zero-order chi connectivity index (χ0) is 23.6. The molecule has 170 valence electrons. The first-order valence-electron chi connectivity index (χ1n) is 9.89. The van der Waals surface area contributed by atoms with Crippen LogP contribution in [0.5, 0.6) is 17.2 Å². The van der Waals surface area contributed by atoms with Crippen LogP contribution in [0.25, 0.3) is 0 Å². The molecule has 3 aromatic rings. The van der Waals surface area contributed by atoms with Gasteiger partial charge in [-0.15, -0.1) is 13.2 Å². The van der Waals surface area contributed by atoms with Crippen molar-refractivity contribution in [2.24, 2.45) is 0 Å². The molecule has 3 amide bonds. The van der Waals surface area contributed by atoms with E-state index in [1.54, 1.807) is 31.3 Å². The summed E-state index contributed by atoms with van der Waals surface area (Å²) >= 11 is 0. The minimum absolute atomic E-state index is 0.0716. The molecule has 2 aromatic carbocycles. The predicted octanol–water partition coefficient (Wildman–Crippen LogP) is 5.13. The van der Waals surface area contributed by atoms with Gasteiger partial charge >= 0.3 is 12.4 Å². The van der Waals surface area contributed by atoms with Crippen molar-refractivity contribution in [1.82, 2.24) is 9.88 Å². The molecule has 33 heavy (non-hydrogen) atoms. The number of halogens is 3. The van der Waals surface area contributed by atoms with Crippen molar-refractivity contribution < 1.29 is 32.2 Å². The lowest BCUT2D eigenvalue weighted by atomic mass is 10.2. The van der Waals surface area contributed by atoms with Gasteiger partial charge in [-0.2, -0.15) is 0 Å². The second-order valence-corrected chi connectivity index (χ2v) is 7.20. The summed E-state index contributed by atoms with van der Waals surface area (Å²) in [5.74, 6) is 0.0773. The number of rotatable bonds is 6. The standard InChI is InChI=1S/C23H18F3N3O4/c1-15-21(30)29(17-7-9-19(10-8-17)33-23(24,25)26)22(31)28(15)14-16-11-12-27-13-20(16)32-18-5-3-2-4-6-18/h2-13,15H,14H2,1H3. The Morgan fingerprint density at radius 3 is 2.33 bits per heavy atom. The summed E-state index contributed by atoms with van der Waals surface area (Å²) in [4.78, 5) is 32.2. The summed E-state index contributed by atoms with van der Waals surface area (Å²) in [6.45, 7) is 1.66. The predicted molar refractivity (Wildman–Crippen MR) is 112 cm³/mol. The van der Waals surface area contributed by atoms with Crippen molar-refractivity contribution in [3.63, 3.8) is 0 Å². The number of carbonyl (C=O) groups is 2. The van der Waals surface area contributed by atoms with Crippen molar-refractivity contribution >= 4 is 17.6 Å². The summed E-state index contributed by atoms with van der Waals surface area (Å²) in [6, 6.07) is 13.9. The molecule has 4 rings (SSSR count). The van der Waals surface area contributed by atoms with Crippen LogP contribution in [0.4, 0.5) is 23.7 Å². The van der Waals surface area contributed by atoms with Crippen LogP contribution in [0.15, 0.2) is 73.1 Å². The van der Waals surface area contributed by atoms with Crippen LogP contribution in [0.1, 0.15) is 12.5 Å². The minimum atomic E-state index is -4.84. The van der Waals surface area contributed by atoms with Gasteiger partial charge in [0.05, 0.1) is 18.4 Å². The first kappa shape index (κ1) is 22.1. The number of urea groups is 1. The molecule has 1 aromatic heterocycles. The van der Waals surface area contributed by atoms with Crippen molar-refractivity contribution in [1.29, 1.82) is 0 Å². The second-order valence-electron chi connectivity index (χ2n) is 7.20. The minimum Gasteiger partial charge on any atom is -0.455 e. The lowest BCUT2D eigenvalue weighted by Crippen LogP contribution is -2.33. The number of ether oxygens (including phenoxy) is 2. The van der Waals surface area contributed by atoms with E-state index in [4.69, 9.17) is 4.74 Å². The number of aromatic nitrogens is 1. The third-order valence-electron chi connectivity index (χ3n) is 4.99. The Kier molecular flexibility index (Phi) is 5.91. The van der Waals surface area contributed by atoms with Crippen LogP contribution in [0.2, 0.25) is 0 Å². The smallest absolute Gasteiger partial charge is 0.455 e. The van der Waals surface area contributed by atoms with Gasteiger partial charge in [-0.1, -0.05) is 18.2 Å². The molecule has 0 N–H and O–H groups in total. The number of hydrogen-bond donors (Lipinski definition) is 0. The topological polar surface area (TPSA) is 72.0 Å². The maximum absolute atomic E-state index is 13.1. The Hall–Kier alpha value is -4.08. The van der Waals surface area contributed by atoms with Gasteiger partial charge < -0.3 is 14.4 Å². The van der Waals surface area contributed by atoms with E-state index >= 15 is 0 Å². The number of amides is 3. The molecule has 1 saturated heterocycles. The summed E-state index contributed by atoms with van der Waals surface area (Å²) in [6.07, 6.45) is -1.76. The van der Waals surface area contributed by atoms with Gasteiger partial charge in [-0.3, -0.25) is 9.78 Å². The average Bonchev–Trinajstić information content (AvgIpc) is 2.98. The number of benzene rings is 2. The zero-order valence-electron chi connectivity index (χ0n) is 17.3. The fourth-order valence-electron chi connectivity index (χ4n) is 3.38. The Bertz CT molecular complexity index is 1150. The molecule has 0 radical (unpaired) electrons. The SMILES string of the molecule is CC1C(=O)N(c2ccc(OC(F)(F)F)cc2)C(=O)N1Cc1ccncc1Oc1ccccc1. The van der Waals surface area contributed by atoms with Gasteiger partial charge in [0.25, 0.3) is 5.91 Å². The van der Waals surface area contributed by atoms with Crippen LogP contribution >= 0.6 is 0 Å². The quantitative estimate of drug-likeness (QED) is 0.480. The van der Waals surface area contributed by atoms with E-state index in [1.807, 2.05) is 18.2 Å². The highest BCUT2D eigenvalue weighted by atomic mass is 19.4. The van der Waals surface area contributed by atoms with Crippen LogP contribution in [-0.2, 0) is 11.3 Å². The van der Waals surface area contributed by atoms with Gasteiger partial charge in [0.1, 0.15) is 17.5 Å². The largest absolute Gasteiger partial charge is 0.573 e. The summed E-state index contributed by atoms with van der Waals surface area (Å²) in [5, 5.41) is 0. The van der Waals surface area contributed by atoms with Crippen LogP contribution in [-0.4, -0.2) is 34.2 Å². The lowest BCUT2D eigenvalue weighted by Gasteiger charge is -2.21.